The summed E-state index contributed by atoms with van der Waals surface area (Å²) in [6.07, 6.45) is 4.83. The lowest BCUT2D eigenvalue weighted by molar-refractivity contribution is 0.328. The highest BCUT2D eigenvalue weighted by Gasteiger charge is 2.37. The van der Waals surface area contributed by atoms with Crippen molar-refractivity contribution in [3.8, 4) is 22.6 Å². The van der Waals surface area contributed by atoms with Gasteiger partial charge in [-0.05, 0) is 129 Å². The second-order valence-corrected chi connectivity index (χ2v) is 11.5. The molecule has 5 aromatic rings. The first-order valence-corrected chi connectivity index (χ1v) is 14.0. The van der Waals surface area contributed by atoms with Crippen LogP contribution in [0.15, 0.2) is 84.9 Å². The molecule has 0 aromatic heterocycles. The zero-order valence-electron chi connectivity index (χ0n) is 22.0. The number of fused-ring (bicyclic) bond motifs is 13. The van der Waals surface area contributed by atoms with Gasteiger partial charge in [0, 0.05) is 0 Å². The van der Waals surface area contributed by atoms with E-state index in [4.69, 9.17) is 9.47 Å². The second-order valence-electron chi connectivity index (χ2n) is 11.5. The first-order chi connectivity index (χ1) is 18.7. The van der Waals surface area contributed by atoms with Crippen molar-refractivity contribution in [1.82, 2.24) is 0 Å². The Bertz CT molecular complexity index is 1600. The number of rotatable bonds is 2. The fourth-order valence-corrected chi connectivity index (χ4v) is 7.50. The van der Waals surface area contributed by atoms with Crippen LogP contribution in [0.1, 0.15) is 71.6 Å². The van der Waals surface area contributed by atoms with Crippen molar-refractivity contribution < 1.29 is 9.47 Å². The molecule has 2 nitrogen and oxygen atoms in total. The Balaban J connectivity index is 1.41. The fraction of sp³-hybridized carbons (Fsp3) is 0.278. The minimum Gasteiger partial charge on any atom is -0.496 e. The van der Waals surface area contributed by atoms with Gasteiger partial charge in [0.25, 0.3) is 0 Å². The minimum atomic E-state index is 0.467. The SMILES string of the molecule is COc1ccc2cc1C1CCC1c1ccc3ccc4ccc(cc4c3c1)C1CCC1c1cc-2ccc1OC. The van der Waals surface area contributed by atoms with Gasteiger partial charge in [0.1, 0.15) is 11.5 Å². The van der Waals surface area contributed by atoms with E-state index in [0.29, 0.717) is 23.7 Å². The molecule has 8 rings (SSSR count). The molecule has 4 unspecified atom stereocenters. The van der Waals surface area contributed by atoms with Gasteiger partial charge in [-0.1, -0.05) is 60.7 Å². The zero-order chi connectivity index (χ0) is 25.4. The van der Waals surface area contributed by atoms with E-state index >= 15 is 0 Å². The lowest BCUT2D eigenvalue weighted by Crippen LogP contribution is -2.23. The van der Waals surface area contributed by atoms with E-state index in [1.165, 1.54) is 80.6 Å². The van der Waals surface area contributed by atoms with Gasteiger partial charge in [-0.25, -0.2) is 0 Å². The van der Waals surface area contributed by atoms with Crippen molar-refractivity contribution in [3.05, 3.63) is 107 Å². The maximum Gasteiger partial charge on any atom is 0.122 e. The molecule has 38 heavy (non-hydrogen) atoms. The molecule has 0 spiro atoms. The molecule has 2 heteroatoms. The lowest BCUT2D eigenvalue weighted by atomic mass is 9.65. The van der Waals surface area contributed by atoms with Gasteiger partial charge in [-0.2, -0.15) is 0 Å². The van der Waals surface area contributed by atoms with E-state index in [1.54, 1.807) is 14.2 Å². The van der Waals surface area contributed by atoms with Crippen LogP contribution in [0.5, 0.6) is 11.5 Å². The number of hydrogen-bond acceptors (Lipinski definition) is 2. The predicted molar refractivity (Wildman–Crippen MR) is 156 cm³/mol. The third-order valence-corrected chi connectivity index (χ3v) is 9.88. The Morgan fingerprint density at radius 3 is 1.29 bits per heavy atom. The number of benzene rings is 5. The molecule has 0 radical (unpaired) electrons. The molecular formula is C36H32O2. The third kappa shape index (κ3) is 3.19. The third-order valence-electron chi connectivity index (χ3n) is 9.88. The van der Waals surface area contributed by atoms with Gasteiger partial charge in [0.2, 0.25) is 0 Å². The Morgan fingerprint density at radius 1 is 0.474 bits per heavy atom. The first-order valence-electron chi connectivity index (χ1n) is 14.0. The normalized spacial score (nSPS) is 23.1. The fourth-order valence-electron chi connectivity index (χ4n) is 7.50. The molecule has 3 aliphatic rings. The van der Waals surface area contributed by atoms with E-state index in [-0.39, 0.29) is 0 Å². The Hall–Kier alpha value is -3.78. The second kappa shape index (κ2) is 8.36. The summed E-state index contributed by atoms with van der Waals surface area (Å²) in [5, 5.41) is 5.43. The van der Waals surface area contributed by atoms with E-state index in [9.17, 15) is 0 Å². The molecule has 0 amide bonds. The van der Waals surface area contributed by atoms with E-state index in [1.807, 2.05) is 0 Å². The number of ether oxygens (including phenoxy) is 2. The topological polar surface area (TPSA) is 18.5 Å². The maximum atomic E-state index is 5.91. The van der Waals surface area contributed by atoms with Gasteiger partial charge in [-0.15, -0.1) is 0 Å². The van der Waals surface area contributed by atoms with Crippen LogP contribution >= 0.6 is 0 Å². The van der Waals surface area contributed by atoms with Crippen LogP contribution in [0, 0.1) is 0 Å². The molecule has 8 bridgehead atoms. The largest absolute Gasteiger partial charge is 0.496 e. The molecule has 0 N–H and O–H groups in total. The zero-order valence-corrected chi connectivity index (χ0v) is 22.0. The predicted octanol–water partition coefficient (Wildman–Crippen LogP) is 9.31. The molecule has 2 fully saturated rings. The summed E-state index contributed by atoms with van der Waals surface area (Å²) >= 11 is 0. The monoisotopic (exact) mass is 496 g/mol. The Labute approximate surface area is 224 Å². The molecule has 0 saturated heterocycles. The standard InChI is InChI=1S/C36H32O2/c1-37-35-15-9-23-17-33(35)29-13-11-27(29)25-7-5-21-3-4-22-6-8-26(20-32(22)31(21)19-25)28-12-14-30(28)34-18-24(23)10-16-36(34)38-2/h3-10,15-20,27-30H,11-14H2,1-2H3. The van der Waals surface area contributed by atoms with Crippen LogP contribution < -0.4 is 9.47 Å². The van der Waals surface area contributed by atoms with Crippen LogP contribution in [-0.4, -0.2) is 14.2 Å². The van der Waals surface area contributed by atoms with E-state index in [0.717, 1.165) is 11.5 Å². The van der Waals surface area contributed by atoms with Crippen LogP contribution in [0.25, 0.3) is 32.7 Å². The van der Waals surface area contributed by atoms with Crippen LogP contribution in [0.3, 0.4) is 0 Å². The van der Waals surface area contributed by atoms with Gasteiger partial charge in [-0.3, -0.25) is 0 Å². The lowest BCUT2D eigenvalue weighted by Gasteiger charge is -2.39. The van der Waals surface area contributed by atoms with Gasteiger partial charge in [0.05, 0.1) is 14.2 Å². The van der Waals surface area contributed by atoms with Gasteiger partial charge < -0.3 is 9.47 Å². The molecule has 4 atom stereocenters. The molecule has 3 aliphatic carbocycles. The molecular weight excluding hydrogens is 464 g/mol. The summed E-state index contributed by atoms with van der Waals surface area (Å²) in [5.41, 5.74) is 8.13. The summed E-state index contributed by atoms with van der Waals surface area (Å²) in [6, 6.07) is 32.5. The molecule has 0 aliphatic heterocycles. The van der Waals surface area contributed by atoms with Crippen LogP contribution in [-0.2, 0) is 0 Å². The van der Waals surface area contributed by atoms with Crippen molar-refractivity contribution >= 4 is 21.5 Å². The summed E-state index contributed by atoms with van der Waals surface area (Å²) in [6.45, 7) is 0. The smallest absolute Gasteiger partial charge is 0.122 e. The van der Waals surface area contributed by atoms with Gasteiger partial charge >= 0.3 is 0 Å². The van der Waals surface area contributed by atoms with E-state index in [2.05, 4.69) is 84.9 Å². The molecule has 2 saturated carbocycles. The van der Waals surface area contributed by atoms with E-state index < -0.39 is 0 Å². The molecule has 5 aromatic carbocycles. The Morgan fingerprint density at radius 2 is 0.895 bits per heavy atom. The average molecular weight is 497 g/mol. The van der Waals surface area contributed by atoms with Crippen molar-refractivity contribution in [3.63, 3.8) is 0 Å². The summed E-state index contributed by atoms with van der Waals surface area (Å²) < 4.78 is 11.8. The van der Waals surface area contributed by atoms with Crippen molar-refractivity contribution in [2.45, 2.75) is 49.4 Å². The average Bonchev–Trinajstić information content (AvgIpc) is 2.91. The molecule has 0 heterocycles. The highest BCUT2D eigenvalue weighted by atomic mass is 16.5. The Kier molecular flexibility index (Phi) is 4.89. The summed E-state index contributed by atoms with van der Waals surface area (Å²) in [5.74, 6) is 3.97. The van der Waals surface area contributed by atoms with Crippen molar-refractivity contribution in [2.24, 2.45) is 0 Å². The number of methoxy groups -OCH3 is 2. The summed E-state index contributed by atoms with van der Waals surface area (Å²) in [7, 11) is 3.61. The van der Waals surface area contributed by atoms with Crippen molar-refractivity contribution in [1.29, 1.82) is 0 Å². The van der Waals surface area contributed by atoms with Crippen LogP contribution in [0.2, 0.25) is 0 Å². The quantitative estimate of drug-likeness (QED) is 0.227. The minimum absolute atomic E-state index is 0.467. The van der Waals surface area contributed by atoms with Gasteiger partial charge in [0.15, 0.2) is 0 Å². The summed E-state index contributed by atoms with van der Waals surface area (Å²) in [4.78, 5) is 0. The van der Waals surface area contributed by atoms with Crippen LogP contribution in [0.4, 0.5) is 0 Å². The molecule has 188 valence electrons. The highest BCUT2D eigenvalue weighted by Crippen LogP contribution is 2.55. The first kappa shape index (κ1) is 22.2. The highest BCUT2D eigenvalue weighted by molar-refractivity contribution is 6.08. The van der Waals surface area contributed by atoms with Crippen molar-refractivity contribution in [2.75, 3.05) is 14.2 Å². The maximum absolute atomic E-state index is 5.91. The number of hydrogen-bond donors (Lipinski definition) is 0.